The Labute approximate surface area is 285 Å². The summed E-state index contributed by atoms with van der Waals surface area (Å²) in [5.41, 5.74) is 0.797. The van der Waals surface area contributed by atoms with Gasteiger partial charge in [0, 0.05) is 22.0 Å². The second-order valence-electron chi connectivity index (χ2n) is 12.6. The van der Waals surface area contributed by atoms with Gasteiger partial charge in [0.05, 0.1) is 45.0 Å². The van der Waals surface area contributed by atoms with Crippen LogP contribution in [-0.2, 0) is 11.1 Å². The molecule has 0 spiro atoms. The van der Waals surface area contributed by atoms with Crippen LogP contribution in [0.25, 0.3) is 11.4 Å². The van der Waals surface area contributed by atoms with Gasteiger partial charge in [-0.15, -0.1) is 0 Å². The molecule has 6 heterocycles. The van der Waals surface area contributed by atoms with Gasteiger partial charge in [0.15, 0.2) is 11.4 Å². The summed E-state index contributed by atoms with van der Waals surface area (Å²) in [4.78, 5) is 66.0. The third kappa shape index (κ3) is 4.16. The summed E-state index contributed by atoms with van der Waals surface area (Å²) in [7, 11) is 0. The van der Waals surface area contributed by atoms with Crippen molar-refractivity contribution in [3.05, 3.63) is 91.9 Å². The number of aromatic nitrogens is 4. The molecule has 2 aromatic heterocycles. The zero-order valence-electron chi connectivity index (χ0n) is 24.9. The molecule has 2 saturated heterocycles. The van der Waals surface area contributed by atoms with Gasteiger partial charge >= 0.3 is 11.9 Å². The number of carboxylic acid groups (broad SMARTS) is 2. The van der Waals surface area contributed by atoms with Crippen LogP contribution in [0.2, 0.25) is 0 Å². The number of hydrogen-bond acceptors (Lipinski definition) is 6. The molecular formula is C33H28Br2N6O6. The summed E-state index contributed by atoms with van der Waals surface area (Å²) in [5, 5.41) is 20.6. The summed E-state index contributed by atoms with van der Waals surface area (Å²) >= 11 is 6.98. The highest BCUT2D eigenvalue weighted by Gasteiger charge is 2.54. The first kappa shape index (κ1) is 30.1. The lowest BCUT2D eigenvalue weighted by Gasteiger charge is -2.41. The van der Waals surface area contributed by atoms with E-state index in [-0.39, 0.29) is 23.2 Å². The molecule has 4 aliphatic heterocycles. The summed E-state index contributed by atoms with van der Waals surface area (Å²) in [5.74, 6) is -2.72. The van der Waals surface area contributed by atoms with Crippen molar-refractivity contribution in [1.29, 1.82) is 0 Å². The van der Waals surface area contributed by atoms with Crippen LogP contribution < -0.4 is 0 Å². The molecule has 0 bridgehead atoms. The van der Waals surface area contributed by atoms with Crippen LogP contribution in [-0.4, -0.2) is 76.0 Å². The van der Waals surface area contributed by atoms with E-state index in [2.05, 4.69) is 41.8 Å². The Hall–Kier alpha value is -4.30. The second kappa shape index (κ2) is 10.6. The predicted octanol–water partition coefficient (Wildman–Crippen LogP) is 5.74. The van der Waals surface area contributed by atoms with Crippen LogP contribution in [0.15, 0.2) is 58.0 Å². The van der Waals surface area contributed by atoms with Gasteiger partial charge in [0.2, 0.25) is 0 Å². The van der Waals surface area contributed by atoms with Crippen LogP contribution in [0.3, 0.4) is 0 Å². The Morgan fingerprint density at radius 3 is 1.55 bits per heavy atom. The molecule has 47 heavy (non-hydrogen) atoms. The predicted molar refractivity (Wildman–Crippen MR) is 174 cm³/mol. The monoisotopic (exact) mass is 762 g/mol. The summed E-state index contributed by atoms with van der Waals surface area (Å²) in [6.45, 7) is 0.899. The minimum absolute atomic E-state index is 0.0990. The lowest BCUT2D eigenvalue weighted by Crippen LogP contribution is -2.47. The van der Waals surface area contributed by atoms with Crippen molar-refractivity contribution in [2.45, 2.75) is 56.0 Å². The molecule has 14 heteroatoms. The standard InChI is InChI=1S/C33H28Br2N6O6/c34-18-4-6-22-20(14-18)28(42)40-12-2-10-32(40,26-24(30(44)45)36-16-38(22)26)8-1-9-33-11-3-13-41(33)29(43)21-15-19(35)5-7-23(21)39-17-37-25(27(33)39)31(46)47/h4-7,14-17H,1-3,8-13H2,(H,44,45)(H,46,47)/t32-,33-/m0/s1. The molecule has 2 atom stereocenters. The molecule has 0 aliphatic carbocycles. The number of carbonyl (C=O) groups excluding carboxylic acids is 2. The van der Waals surface area contributed by atoms with Gasteiger partial charge in [-0.1, -0.05) is 31.9 Å². The van der Waals surface area contributed by atoms with E-state index in [0.717, 1.165) is 8.95 Å². The van der Waals surface area contributed by atoms with Crippen molar-refractivity contribution < 1.29 is 29.4 Å². The fraction of sp³-hybridized carbons (Fsp3) is 0.333. The average Bonchev–Trinajstić information content (AvgIpc) is 3.83. The van der Waals surface area contributed by atoms with E-state index in [4.69, 9.17) is 0 Å². The normalized spacial score (nSPS) is 22.5. The number of amides is 2. The zero-order chi connectivity index (χ0) is 32.8. The molecule has 0 radical (unpaired) electrons. The average molecular weight is 764 g/mol. The maximum atomic E-state index is 14.3. The maximum Gasteiger partial charge on any atom is 0.356 e. The van der Waals surface area contributed by atoms with E-state index in [1.54, 1.807) is 43.2 Å². The zero-order valence-corrected chi connectivity index (χ0v) is 28.1. The SMILES string of the molecule is O=C(O)c1ncn2c1[C@]1(CCC[C@@]34CCCN3C(=O)c3cc(Br)ccc3-n3cnc(C(=O)O)c34)CCCN1C(=O)c1cc(Br)ccc1-2. The number of aromatic carboxylic acids is 2. The maximum absolute atomic E-state index is 14.3. The van der Waals surface area contributed by atoms with E-state index in [1.165, 1.54) is 12.7 Å². The topological polar surface area (TPSA) is 151 Å². The Morgan fingerprint density at radius 1 is 0.723 bits per heavy atom. The highest BCUT2D eigenvalue weighted by Crippen LogP contribution is 2.52. The molecular weight excluding hydrogens is 736 g/mol. The Balaban J connectivity index is 1.25. The summed E-state index contributed by atoms with van der Waals surface area (Å²) in [6, 6.07) is 10.7. The Bertz CT molecular complexity index is 1910. The van der Waals surface area contributed by atoms with Gasteiger partial charge < -0.3 is 20.0 Å². The van der Waals surface area contributed by atoms with Crippen LogP contribution in [0.4, 0.5) is 0 Å². The molecule has 2 aromatic carbocycles. The van der Waals surface area contributed by atoms with E-state index >= 15 is 0 Å². The fourth-order valence-electron chi connectivity index (χ4n) is 8.61. The van der Waals surface area contributed by atoms with Crippen molar-refractivity contribution >= 4 is 55.6 Å². The number of halogens is 2. The van der Waals surface area contributed by atoms with Crippen LogP contribution in [0.1, 0.15) is 98.0 Å². The highest BCUT2D eigenvalue weighted by atomic mass is 79.9. The first-order valence-corrected chi connectivity index (χ1v) is 17.0. The van der Waals surface area contributed by atoms with Crippen molar-refractivity contribution in [2.24, 2.45) is 0 Å². The van der Waals surface area contributed by atoms with Crippen molar-refractivity contribution in [1.82, 2.24) is 28.9 Å². The number of fused-ring (bicyclic) bond motifs is 10. The third-order valence-corrected chi connectivity index (χ3v) is 11.4. The number of imidazole rings is 2. The smallest absolute Gasteiger partial charge is 0.356 e. The molecule has 4 aliphatic rings. The Morgan fingerprint density at radius 2 is 1.15 bits per heavy atom. The Kier molecular flexibility index (Phi) is 6.78. The van der Waals surface area contributed by atoms with Gasteiger partial charge in [-0.3, -0.25) is 18.7 Å². The number of benzene rings is 2. The molecule has 2 fully saturated rings. The molecule has 240 valence electrons. The molecule has 2 amide bonds. The van der Waals surface area contributed by atoms with Gasteiger partial charge in [-0.05, 0) is 81.3 Å². The van der Waals surface area contributed by atoms with Gasteiger partial charge in [-0.2, -0.15) is 0 Å². The summed E-state index contributed by atoms with van der Waals surface area (Å²) < 4.78 is 4.95. The van der Waals surface area contributed by atoms with E-state index in [9.17, 15) is 29.4 Å². The molecule has 4 aromatic rings. The van der Waals surface area contributed by atoms with Crippen LogP contribution in [0, 0.1) is 0 Å². The van der Waals surface area contributed by atoms with Gasteiger partial charge in [0.25, 0.3) is 11.8 Å². The van der Waals surface area contributed by atoms with E-state index < -0.39 is 23.0 Å². The minimum Gasteiger partial charge on any atom is -0.476 e. The number of nitrogens with zero attached hydrogens (tertiary/aromatic N) is 6. The van der Waals surface area contributed by atoms with E-state index in [0.29, 0.717) is 91.9 Å². The minimum atomic E-state index is -1.17. The van der Waals surface area contributed by atoms with Crippen molar-refractivity contribution in [2.75, 3.05) is 13.1 Å². The molecule has 0 saturated carbocycles. The van der Waals surface area contributed by atoms with Gasteiger partial charge in [0.1, 0.15) is 12.7 Å². The third-order valence-electron chi connectivity index (χ3n) is 10.4. The largest absolute Gasteiger partial charge is 0.476 e. The van der Waals surface area contributed by atoms with Crippen molar-refractivity contribution in [3.8, 4) is 11.4 Å². The number of carboxylic acids is 2. The first-order valence-electron chi connectivity index (χ1n) is 15.4. The fourth-order valence-corrected chi connectivity index (χ4v) is 9.33. The quantitative estimate of drug-likeness (QED) is 0.253. The van der Waals surface area contributed by atoms with Crippen LogP contribution in [0.5, 0.6) is 0 Å². The first-order chi connectivity index (χ1) is 22.6. The van der Waals surface area contributed by atoms with Crippen molar-refractivity contribution in [3.63, 3.8) is 0 Å². The number of hydrogen-bond donors (Lipinski definition) is 2. The summed E-state index contributed by atoms with van der Waals surface area (Å²) in [6.07, 6.45) is 6.62. The number of carbonyl (C=O) groups is 4. The molecule has 0 unspecified atom stereocenters. The lowest BCUT2D eigenvalue weighted by molar-refractivity contribution is 0.0473. The van der Waals surface area contributed by atoms with Gasteiger partial charge in [-0.25, -0.2) is 19.6 Å². The molecule has 12 nitrogen and oxygen atoms in total. The molecule has 8 rings (SSSR count). The highest BCUT2D eigenvalue weighted by molar-refractivity contribution is 9.10. The van der Waals surface area contributed by atoms with E-state index in [1.807, 2.05) is 12.1 Å². The molecule has 2 N–H and O–H groups in total. The second-order valence-corrected chi connectivity index (χ2v) is 14.4. The number of rotatable bonds is 6. The van der Waals surface area contributed by atoms with Crippen LogP contribution >= 0.6 is 31.9 Å². The lowest BCUT2D eigenvalue weighted by atomic mass is 9.79.